The molecule has 78 valence electrons. The van der Waals surface area contributed by atoms with Crippen molar-refractivity contribution < 1.29 is 0 Å². The summed E-state index contributed by atoms with van der Waals surface area (Å²) in [6.07, 6.45) is 8.07. The van der Waals surface area contributed by atoms with Crippen LogP contribution >= 0.6 is 0 Å². The van der Waals surface area contributed by atoms with Gasteiger partial charge >= 0.3 is 0 Å². The van der Waals surface area contributed by atoms with Gasteiger partial charge in [0.2, 0.25) is 0 Å². The van der Waals surface area contributed by atoms with Crippen molar-refractivity contribution in [2.75, 3.05) is 19.6 Å². The molecule has 1 N–H and O–H groups in total. The molecule has 0 aromatic rings. The predicted molar refractivity (Wildman–Crippen MR) is 62.1 cm³/mol. The quantitative estimate of drug-likeness (QED) is 0.687. The Balaban J connectivity index is 2.60. The van der Waals surface area contributed by atoms with Gasteiger partial charge in [0.15, 0.2) is 0 Å². The second-order valence-electron chi connectivity index (χ2n) is 3.61. The summed E-state index contributed by atoms with van der Waals surface area (Å²) in [6.45, 7) is 11.2. The van der Waals surface area contributed by atoms with E-state index < -0.39 is 0 Å². The third-order valence-corrected chi connectivity index (χ3v) is 2.43. The third-order valence-electron chi connectivity index (χ3n) is 2.43. The Hall–Kier alpha value is -1.02. The van der Waals surface area contributed by atoms with Gasteiger partial charge in [-0.3, -0.25) is 0 Å². The van der Waals surface area contributed by atoms with Crippen molar-refractivity contribution in [1.29, 1.82) is 0 Å². The van der Waals surface area contributed by atoms with E-state index in [1.807, 2.05) is 12.2 Å². The highest BCUT2D eigenvalue weighted by atomic mass is 15.2. The van der Waals surface area contributed by atoms with E-state index >= 15 is 0 Å². The van der Waals surface area contributed by atoms with E-state index in [9.17, 15) is 0 Å². The molecule has 1 aliphatic heterocycles. The maximum absolute atomic E-state index is 3.68. The zero-order valence-corrected chi connectivity index (χ0v) is 9.16. The monoisotopic (exact) mass is 192 g/mol. The van der Waals surface area contributed by atoms with Gasteiger partial charge in [-0.05, 0) is 19.9 Å². The van der Waals surface area contributed by atoms with Gasteiger partial charge in [0.05, 0.1) is 0 Å². The first-order valence-corrected chi connectivity index (χ1v) is 5.21. The summed E-state index contributed by atoms with van der Waals surface area (Å²) in [6, 6.07) is 0.579. The van der Waals surface area contributed by atoms with Crippen molar-refractivity contribution in [3.8, 4) is 0 Å². The van der Waals surface area contributed by atoms with Crippen LogP contribution in [0.4, 0.5) is 0 Å². The molecule has 2 nitrogen and oxygen atoms in total. The molecule has 1 atom stereocenters. The number of hydrogen-bond donors (Lipinski definition) is 1. The van der Waals surface area contributed by atoms with Crippen molar-refractivity contribution >= 4 is 0 Å². The molecule has 1 rings (SSSR count). The van der Waals surface area contributed by atoms with E-state index in [-0.39, 0.29) is 0 Å². The van der Waals surface area contributed by atoms with Gasteiger partial charge in [-0.25, -0.2) is 0 Å². The van der Waals surface area contributed by atoms with Gasteiger partial charge in [-0.15, -0.1) is 0 Å². The summed E-state index contributed by atoms with van der Waals surface area (Å²) < 4.78 is 0. The van der Waals surface area contributed by atoms with Crippen LogP contribution in [-0.2, 0) is 0 Å². The van der Waals surface area contributed by atoms with E-state index in [1.165, 1.54) is 5.70 Å². The summed E-state index contributed by atoms with van der Waals surface area (Å²) in [4.78, 5) is 2.40. The van der Waals surface area contributed by atoms with Crippen molar-refractivity contribution in [3.63, 3.8) is 0 Å². The molecule has 1 heterocycles. The average molecular weight is 192 g/mol. The van der Waals surface area contributed by atoms with Gasteiger partial charge in [0.1, 0.15) is 0 Å². The number of hydrogen-bond acceptors (Lipinski definition) is 2. The number of nitrogens with zero attached hydrogens (tertiary/aromatic N) is 1. The van der Waals surface area contributed by atoms with E-state index in [0.29, 0.717) is 6.04 Å². The molecule has 2 heteroatoms. The van der Waals surface area contributed by atoms with Crippen LogP contribution in [0.5, 0.6) is 0 Å². The van der Waals surface area contributed by atoms with Gasteiger partial charge in [0, 0.05) is 31.4 Å². The lowest BCUT2D eigenvalue weighted by Gasteiger charge is -2.34. The molecule has 1 aliphatic rings. The second-order valence-corrected chi connectivity index (χ2v) is 3.61. The van der Waals surface area contributed by atoms with E-state index in [2.05, 4.69) is 42.8 Å². The first-order chi connectivity index (χ1) is 6.77. The van der Waals surface area contributed by atoms with Gasteiger partial charge in [-0.2, -0.15) is 0 Å². The second kappa shape index (κ2) is 5.66. The van der Waals surface area contributed by atoms with E-state index in [1.54, 1.807) is 0 Å². The minimum Gasteiger partial charge on any atom is -0.369 e. The van der Waals surface area contributed by atoms with Crippen LogP contribution in [0, 0.1) is 0 Å². The normalized spacial score (nSPS) is 24.3. The van der Waals surface area contributed by atoms with E-state index in [0.717, 1.165) is 19.6 Å². The highest BCUT2D eigenvalue weighted by molar-refractivity contribution is 5.20. The Morgan fingerprint density at radius 2 is 2.36 bits per heavy atom. The molecule has 0 spiro atoms. The van der Waals surface area contributed by atoms with Crippen LogP contribution in [0.2, 0.25) is 0 Å². The highest BCUT2D eigenvalue weighted by Crippen LogP contribution is 2.09. The molecule has 0 aliphatic carbocycles. The molecule has 0 unspecified atom stereocenters. The van der Waals surface area contributed by atoms with Crippen LogP contribution < -0.4 is 5.32 Å². The Morgan fingerprint density at radius 1 is 1.57 bits per heavy atom. The van der Waals surface area contributed by atoms with Crippen LogP contribution in [0.3, 0.4) is 0 Å². The fourth-order valence-corrected chi connectivity index (χ4v) is 1.72. The number of piperazine rings is 1. The molecule has 0 radical (unpaired) electrons. The van der Waals surface area contributed by atoms with Crippen LogP contribution in [0.25, 0.3) is 0 Å². The minimum atomic E-state index is 0.579. The van der Waals surface area contributed by atoms with Crippen LogP contribution in [-0.4, -0.2) is 30.6 Å². The molecule has 0 amide bonds. The zero-order valence-electron chi connectivity index (χ0n) is 9.16. The zero-order chi connectivity index (χ0) is 10.4. The third kappa shape index (κ3) is 3.04. The fourth-order valence-electron chi connectivity index (χ4n) is 1.72. The number of rotatable bonds is 3. The van der Waals surface area contributed by atoms with Crippen molar-refractivity contribution in [2.24, 2.45) is 0 Å². The number of nitrogens with one attached hydrogen (secondary N) is 1. The van der Waals surface area contributed by atoms with Gasteiger partial charge in [0.25, 0.3) is 0 Å². The number of allylic oxidation sites excluding steroid dienone is 4. The van der Waals surface area contributed by atoms with Crippen molar-refractivity contribution in [1.82, 2.24) is 10.2 Å². The van der Waals surface area contributed by atoms with Crippen LogP contribution in [0.15, 0.2) is 36.6 Å². The van der Waals surface area contributed by atoms with Gasteiger partial charge in [-0.1, -0.05) is 24.8 Å². The predicted octanol–water partition coefficient (Wildman–Crippen LogP) is 1.93. The molecule has 0 aromatic carbocycles. The maximum Gasteiger partial charge on any atom is 0.0329 e. The first-order valence-electron chi connectivity index (χ1n) is 5.21. The smallest absolute Gasteiger partial charge is 0.0329 e. The Morgan fingerprint density at radius 3 is 2.93 bits per heavy atom. The molecule has 1 fully saturated rings. The summed E-state index contributed by atoms with van der Waals surface area (Å²) in [5, 5.41) is 3.43. The Kier molecular flexibility index (Phi) is 4.47. The first kappa shape index (κ1) is 11.1. The standard InChI is InChI=1S/C12H20N2/c1-4-6-7-12(5-2)14-9-8-13-11(3)10-14/h4-7,11,13H,1,8-10H2,2-3H3/b7-6-,12-5+/t11-/m0/s1. The minimum absolute atomic E-state index is 0.579. The van der Waals surface area contributed by atoms with Crippen molar-refractivity contribution in [3.05, 3.63) is 36.6 Å². The molecular formula is C12H20N2. The van der Waals surface area contributed by atoms with Crippen molar-refractivity contribution in [2.45, 2.75) is 19.9 Å². The summed E-state index contributed by atoms with van der Waals surface area (Å²) in [7, 11) is 0. The topological polar surface area (TPSA) is 15.3 Å². The Labute approximate surface area is 87.0 Å². The largest absolute Gasteiger partial charge is 0.369 e. The Bertz CT molecular complexity index is 241. The maximum atomic E-state index is 3.68. The molecule has 14 heavy (non-hydrogen) atoms. The average Bonchev–Trinajstić information content (AvgIpc) is 2.19. The summed E-state index contributed by atoms with van der Waals surface area (Å²) >= 11 is 0. The highest BCUT2D eigenvalue weighted by Gasteiger charge is 2.15. The summed E-state index contributed by atoms with van der Waals surface area (Å²) in [5.74, 6) is 0. The SMILES string of the molecule is C=C/C=C\C(=C/C)N1CCN[C@@H](C)C1. The van der Waals surface area contributed by atoms with Crippen LogP contribution in [0.1, 0.15) is 13.8 Å². The lowest BCUT2D eigenvalue weighted by atomic mass is 10.2. The summed E-state index contributed by atoms with van der Waals surface area (Å²) in [5.41, 5.74) is 1.29. The molecule has 1 saturated heterocycles. The lowest BCUT2D eigenvalue weighted by molar-refractivity contribution is 0.262. The molecular weight excluding hydrogens is 172 g/mol. The molecule has 0 saturated carbocycles. The lowest BCUT2D eigenvalue weighted by Crippen LogP contribution is -2.48. The molecule has 0 bridgehead atoms. The van der Waals surface area contributed by atoms with Gasteiger partial charge < -0.3 is 10.2 Å². The van der Waals surface area contributed by atoms with E-state index in [4.69, 9.17) is 0 Å². The molecule has 0 aromatic heterocycles. The fraction of sp³-hybridized carbons (Fsp3) is 0.500.